The van der Waals surface area contributed by atoms with Crippen LogP contribution in [0.1, 0.15) is 0 Å². The first-order valence-corrected chi connectivity index (χ1v) is 5.46. The molecule has 0 saturated heterocycles. The maximum absolute atomic E-state index is 11.2. The van der Waals surface area contributed by atoms with Gasteiger partial charge in [0.2, 0.25) is 0 Å². The van der Waals surface area contributed by atoms with E-state index in [1.54, 1.807) is 0 Å². The molecule has 0 aliphatic carbocycles. The molecule has 17 heavy (non-hydrogen) atoms. The second-order valence-electron chi connectivity index (χ2n) is 2.98. The first-order chi connectivity index (χ1) is 7.38. The third-order valence-corrected chi connectivity index (χ3v) is 2.78. The normalized spacial score (nSPS) is 11.1. The highest BCUT2D eigenvalue weighted by Crippen LogP contribution is 2.13. The SMILES string of the molecule is Cl.O=c1[nH]c2ccc(S(=O)(=O)O)cc2c(=O)o1. The highest BCUT2D eigenvalue weighted by molar-refractivity contribution is 7.85. The number of halogens is 1. The summed E-state index contributed by atoms with van der Waals surface area (Å²) >= 11 is 0. The third kappa shape index (κ3) is 2.54. The van der Waals surface area contributed by atoms with E-state index < -0.39 is 26.4 Å². The summed E-state index contributed by atoms with van der Waals surface area (Å²) < 4.78 is 34.6. The molecule has 2 N–H and O–H groups in total. The van der Waals surface area contributed by atoms with Crippen LogP contribution in [0.25, 0.3) is 10.9 Å². The van der Waals surface area contributed by atoms with Crippen molar-refractivity contribution in [3.8, 4) is 0 Å². The van der Waals surface area contributed by atoms with Crippen molar-refractivity contribution in [1.82, 2.24) is 4.98 Å². The lowest BCUT2D eigenvalue weighted by Crippen LogP contribution is -2.14. The van der Waals surface area contributed by atoms with Crippen LogP contribution in [0.2, 0.25) is 0 Å². The van der Waals surface area contributed by atoms with E-state index in [2.05, 4.69) is 9.40 Å². The van der Waals surface area contributed by atoms with Crippen molar-refractivity contribution in [2.45, 2.75) is 4.90 Å². The maximum atomic E-state index is 11.2. The summed E-state index contributed by atoms with van der Waals surface area (Å²) in [4.78, 5) is 23.8. The first kappa shape index (κ1) is 13.4. The minimum absolute atomic E-state index is 0. The molecule has 0 radical (unpaired) electrons. The molecule has 0 spiro atoms. The Kier molecular flexibility index (Phi) is 3.41. The Morgan fingerprint density at radius 1 is 1.24 bits per heavy atom. The molecule has 0 amide bonds. The summed E-state index contributed by atoms with van der Waals surface area (Å²) in [6.45, 7) is 0. The molecule has 92 valence electrons. The molecule has 0 atom stereocenters. The number of aromatic amines is 1. The number of H-pyrrole nitrogens is 1. The van der Waals surface area contributed by atoms with Crippen molar-refractivity contribution in [2.75, 3.05) is 0 Å². The van der Waals surface area contributed by atoms with Gasteiger partial charge in [0.15, 0.2) is 0 Å². The number of hydrogen-bond acceptors (Lipinski definition) is 5. The molecule has 9 heteroatoms. The number of nitrogens with one attached hydrogen (secondary N) is 1. The van der Waals surface area contributed by atoms with E-state index in [0.717, 1.165) is 12.1 Å². The molecule has 2 aromatic rings. The monoisotopic (exact) mass is 279 g/mol. The van der Waals surface area contributed by atoms with Crippen LogP contribution >= 0.6 is 12.4 Å². The van der Waals surface area contributed by atoms with E-state index in [9.17, 15) is 18.0 Å². The highest BCUT2D eigenvalue weighted by atomic mass is 35.5. The van der Waals surface area contributed by atoms with Gasteiger partial charge in [-0.3, -0.25) is 9.54 Å². The Hall–Kier alpha value is -1.64. The van der Waals surface area contributed by atoms with Gasteiger partial charge in [0, 0.05) is 0 Å². The van der Waals surface area contributed by atoms with E-state index >= 15 is 0 Å². The van der Waals surface area contributed by atoms with Crippen LogP contribution in [0.3, 0.4) is 0 Å². The van der Waals surface area contributed by atoms with Gasteiger partial charge in [0.25, 0.3) is 10.1 Å². The van der Waals surface area contributed by atoms with Crippen LogP contribution in [-0.2, 0) is 10.1 Å². The number of fused-ring (bicyclic) bond motifs is 1. The van der Waals surface area contributed by atoms with Gasteiger partial charge < -0.3 is 4.42 Å². The van der Waals surface area contributed by atoms with Crippen molar-refractivity contribution in [3.05, 3.63) is 39.2 Å². The minimum atomic E-state index is -4.39. The van der Waals surface area contributed by atoms with Crippen molar-refractivity contribution in [3.63, 3.8) is 0 Å². The van der Waals surface area contributed by atoms with Gasteiger partial charge in [0.1, 0.15) is 0 Å². The maximum Gasteiger partial charge on any atom is 0.419 e. The fourth-order valence-corrected chi connectivity index (χ4v) is 1.74. The van der Waals surface area contributed by atoms with Gasteiger partial charge in [-0.25, -0.2) is 9.59 Å². The highest BCUT2D eigenvalue weighted by Gasteiger charge is 2.12. The molecule has 0 aliphatic rings. The van der Waals surface area contributed by atoms with Crippen LogP contribution in [-0.4, -0.2) is 18.0 Å². The standard InChI is InChI=1S/C8H5NO6S.ClH/c10-7-5-3-4(16(12,13)14)1-2-6(5)9-8(11)15-7;/h1-3H,(H,9,11)(H,12,13,14);1H. The lowest BCUT2D eigenvalue weighted by Gasteiger charge is -1.98. The van der Waals surface area contributed by atoms with Crippen LogP contribution in [0, 0.1) is 0 Å². The Labute approximate surface area is 100 Å². The molecule has 0 unspecified atom stereocenters. The molecule has 0 aliphatic heterocycles. The predicted octanol–water partition coefficient (Wildman–Crippen LogP) is 0.150. The molecule has 0 fully saturated rings. The zero-order valence-corrected chi connectivity index (χ0v) is 9.67. The van der Waals surface area contributed by atoms with E-state index in [1.807, 2.05) is 0 Å². The average Bonchev–Trinajstić information content (AvgIpc) is 2.15. The van der Waals surface area contributed by atoms with Crippen molar-refractivity contribution < 1.29 is 17.4 Å². The smallest absolute Gasteiger partial charge is 0.372 e. The molecule has 0 bridgehead atoms. The van der Waals surface area contributed by atoms with E-state index in [1.165, 1.54) is 6.07 Å². The van der Waals surface area contributed by atoms with Crippen molar-refractivity contribution >= 4 is 33.4 Å². The number of hydrogen-bond donors (Lipinski definition) is 2. The van der Waals surface area contributed by atoms with Gasteiger partial charge in [-0.05, 0) is 18.2 Å². The van der Waals surface area contributed by atoms with Gasteiger partial charge in [-0.1, -0.05) is 0 Å². The fraction of sp³-hybridized carbons (Fsp3) is 0. The molecule has 7 nitrogen and oxygen atoms in total. The van der Waals surface area contributed by atoms with E-state index in [0.29, 0.717) is 0 Å². The number of rotatable bonds is 1. The Bertz CT molecular complexity index is 774. The number of aromatic nitrogens is 1. The van der Waals surface area contributed by atoms with Crippen LogP contribution in [0.15, 0.2) is 37.1 Å². The lowest BCUT2D eigenvalue weighted by atomic mass is 10.2. The third-order valence-electron chi connectivity index (χ3n) is 1.93. The van der Waals surface area contributed by atoms with Gasteiger partial charge in [0.05, 0.1) is 15.8 Å². The van der Waals surface area contributed by atoms with Crippen LogP contribution in [0.4, 0.5) is 0 Å². The second-order valence-corrected chi connectivity index (χ2v) is 4.41. The molecule has 1 aromatic heterocycles. The Morgan fingerprint density at radius 3 is 2.47 bits per heavy atom. The summed E-state index contributed by atoms with van der Waals surface area (Å²) in [6, 6.07) is 3.18. The van der Waals surface area contributed by atoms with Crippen LogP contribution < -0.4 is 11.4 Å². The van der Waals surface area contributed by atoms with E-state index in [-0.39, 0.29) is 23.3 Å². The molecular weight excluding hydrogens is 274 g/mol. The molecule has 0 saturated carbocycles. The molecule has 1 heterocycles. The molecular formula is C8H6ClNO6S. The topological polar surface area (TPSA) is 117 Å². The summed E-state index contributed by atoms with van der Waals surface area (Å²) in [7, 11) is -4.39. The number of benzene rings is 1. The first-order valence-electron chi connectivity index (χ1n) is 4.02. The quantitative estimate of drug-likeness (QED) is 0.718. The lowest BCUT2D eigenvalue weighted by molar-refractivity contribution is 0.460. The summed E-state index contributed by atoms with van der Waals surface area (Å²) in [5.41, 5.74) is -0.835. The predicted molar refractivity (Wildman–Crippen MR) is 60.2 cm³/mol. The van der Waals surface area contributed by atoms with Gasteiger partial charge in [-0.15, -0.1) is 12.4 Å². The van der Waals surface area contributed by atoms with E-state index in [4.69, 9.17) is 4.55 Å². The van der Waals surface area contributed by atoms with Gasteiger partial charge in [-0.2, -0.15) is 8.42 Å². The summed E-state index contributed by atoms with van der Waals surface area (Å²) in [6.07, 6.45) is 0. The fourth-order valence-electron chi connectivity index (χ4n) is 1.24. The average molecular weight is 280 g/mol. The molecule has 2 rings (SSSR count). The largest absolute Gasteiger partial charge is 0.419 e. The van der Waals surface area contributed by atoms with Crippen molar-refractivity contribution in [1.29, 1.82) is 0 Å². The van der Waals surface area contributed by atoms with Gasteiger partial charge >= 0.3 is 11.4 Å². The second kappa shape index (κ2) is 4.32. The Balaban J connectivity index is 0.00000144. The van der Waals surface area contributed by atoms with Crippen molar-refractivity contribution in [2.24, 2.45) is 0 Å². The minimum Gasteiger partial charge on any atom is -0.372 e. The zero-order chi connectivity index (χ0) is 11.9. The summed E-state index contributed by atoms with van der Waals surface area (Å²) in [5.74, 6) is -0.933. The van der Waals surface area contributed by atoms with Crippen LogP contribution in [0.5, 0.6) is 0 Å². The Morgan fingerprint density at radius 2 is 1.88 bits per heavy atom. The zero-order valence-electron chi connectivity index (χ0n) is 8.04. The molecule has 1 aromatic carbocycles. The summed E-state index contributed by atoms with van der Waals surface area (Å²) in [5, 5.41) is -0.130.